The number of nitrogens with zero attached hydrogens (tertiary/aromatic N) is 1. The van der Waals surface area contributed by atoms with E-state index < -0.39 is 5.79 Å². The summed E-state index contributed by atoms with van der Waals surface area (Å²) in [6.07, 6.45) is 0.189. The van der Waals surface area contributed by atoms with Gasteiger partial charge < -0.3 is 9.47 Å². The molecule has 0 aliphatic heterocycles. The maximum atomic E-state index is 5.76. The van der Waals surface area contributed by atoms with Gasteiger partial charge in [-0.1, -0.05) is 6.92 Å². The zero-order valence-electron chi connectivity index (χ0n) is 11.3. The van der Waals surface area contributed by atoms with Crippen LogP contribution in [0.1, 0.15) is 48.5 Å². The zero-order chi connectivity index (χ0) is 12.1. The Labute approximate surface area is 94.7 Å². The first-order valence-electron chi connectivity index (χ1n) is 5.84. The van der Waals surface area contributed by atoms with Gasteiger partial charge in [-0.05, 0) is 48.1 Å². The molecule has 0 unspecified atom stereocenters. The van der Waals surface area contributed by atoms with E-state index in [0.29, 0.717) is 12.8 Å². The molecule has 92 valence electrons. The minimum Gasteiger partial charge on any atom is -0.348 e. The molecular formula is C12H27NO2. The van der Waals surface area contributed by atoms with Crippen LogP contribution in [0, 0.1) is 0 Å². The summed E-state index contributed by atoms with van der Waals surface area (Å²) in [5.41, 5.74) is 0. The maximum absolute atomic E-state index is 5.76. The SMILES string of the molecule is CCN(COC(C)(C)OC(C)C)C(C)C. The van der Waals surface area contributed by atoms with Gasteiger partial charge in [0, 0.05) is 6.04 Å². The fourth-order valence-electron chi connectivity index (χ4n) is 1.45. The fourth-order valence-corrected chi connectivity index (χ4v) is 1.45. The van der Waals surface area contributed by atoms with E-state index in [9.17, 15) is 0 Å². The Kier molecular flexibility index (Phi) is 6.41. The summed E-state index contributed by atoms with van der Waals surface area (Å²) in [6, 6.07) is 0.504. The molecule has 0 aromatic rings. The minimum absolute atomic E-state index is 0.189. The summed E-state index contributed by atoms with van der Waals surface area (Å²) in [5.74, 6) is -0.503. The van der Waals surface area contributed by atoms with Gasteiger partial charge in [0.2, 0.25) is 0 Å². The Bertz CT molecular complexity index is 167. The number of rotatable bonds is 7. The Balaban J connectivity index is 4.00. The average Bonchev–Trinajstić information content (AvgIpc) is 2.01. The van der Waals surface area contributed by atoms with Crippen molar-refractivity contribution in [2.75, 3.05) is 13.3 Å². The number of hydrogen-bond acceptors (Lipinski definition) is 3. The van der Waals surface area contributed by atoms with Gasteiger partial charge in [0.15, 0.2) is 5.79 Å². The van der Waals surface area contributed by atoms with Crippen molar-refractivity contribution in [2.45, 2.75) is 66.4 Å². The third-order valence-corrected chi connectivity index (χ3v) is 2.23. The largest absolute Gasteiger partial charge is 0.348 e. The highest BCUT2D eigenvalue weighted by Crippen LogP contribution is 2.15. The quantitative estimate of drug-likeness (QED) is 0.612. The molecule has 0 saturated carbocycles. The van der Waals surface area contributed by atoms with Gasteiger partial charge >= 0.3 is 0 Å². The number of hydrogen-bond donors (Lipinski definition) is 0. The van der Waals surface area contributed by atoms with Crippen LogP contribution < -0.4 is 0 Å². The van der Waals surface area contributed by atoms with Gasteiger partial charge in [-0.15, -0.1) is 0 Å². The monoisotopic (exact) mass is 217 g/mol. The van der Waals surface area contributed by atoms with Gasteiger partial charge in [-0.3, -0.25) is 4.90 Å². The highest BCUT2D eigenvalue weighted by atomic mass is 16.7. The first-order chi connectivity index (χ1) is 6.78. The van der Waals surface area contributed by atoms with Gasteiger partial charge in [0.05, 0.1) is 6.10 Å². The topological polar surface area (TPSA) is 21.7 Å². The lowest BCUT2D eigenvalue weighted by Gasteiger charge is -2.32. The molecule has 0 aromatic heterocycles. The first kappa shape index (κ1) is 14.9. The van der Waals surface area contributed by atoms with Crippen LogP contribution in [0.2, 0.25) is 0 Å². The molecule has 0 fully saturated rings. The molecule has 3 nitrogen and oxygen atoms in total. The molecule has 0 heterocycles. The standard InChI is InChI=1S/C12H27NO2/c1-8-13(10(2)3)9-14-12(6,7)15-11(4)5/h10-11H,8-9H2,1-7H3. The van der Waals surface area contributed by atoms with Crippen LogP contribution in [0.15, 0.2) is 0 Å². The van der Waals surface area contributed by atoms with E-state index in [4.69, 9.17) is 9.47 Å². The summed E-state index contributed by atoms with van der Waals surface area (Å²) in [7, 11) is 0. The fraction of sp³-hybridized carbons (Fsp3) is 1.00. The second-order valence-electron chi connectivity index (χ2n) is 4.84. The lowest BCUT2D eigenvalue weighted by atomic mass is 10.3. The smallest absolute Gasteiger partial charge is 0.164 e. The molecule has 0 amide bonds. The molecule has 0 spiro atoms. The summed E-state index contributed by atoms with van der Waals surface area (Å²) >= 11 is 0. The van der Waals surface area contributed by atoms with Crippen molar-refractivity contribution in [3.63, 3.8) is 0 Å². The first-order valence-corrected chi connectivity index (χ1v) is 5.84. The van der Waals surface area contributed by atoms with Crippen molar-refractivity contribution >= 4 is 0 Å². The molecule has 0 N–H and O–H groups in total. The van der Waals surface area contributed by atoms with E-state index in [2.05, 4.69) is 25.7 Å². The predicted octanol–water partition coefficient (Wildman–Crippen LogP) is 2.85. The summed E-state index contributed by atoms with van der Waals surface area (Å²) in [6.45, 7) is 16.0. The number of ether oxygens (including phenoxy) is 2. The third kappa shape index (κ3) is 6.88. The molecule has 0 saturated heterocycles. The van der Waals surface area contributed by atoms with Crippen LogP contribution in [0.25, 0.3) is 0 Å². The summed E-state index contributed by atoms with van der Waals surface area (Å²) in [5, 5.41) is 0. The molecule has 0 radical (unpaired) electrons. The second-order valence-corrected chi connectivity index (χ2v) is 4.84. The molecule has 0 rings (SSSR count). The van der Waals surface area contributed by atoms with Crippen molar-refractivity contribution < 1.29 is 9.47 Å². The van der Waals surface area contributed by atoms with Crippen molar-refractivity contribution in [2.24, 2.45) is 0 Å². The molecule has 0 aliphatic carbocycles. The van der Waals surface area contributed by atoms with E-state index in [1.54, 1.807) is 0 Å². The van der Waals surface area contributed by atoms with E-state index in [-0.39, 0.29) is 6.10 Å². The van der Waals surface area contributed by atoms with Crippen LogP contribution in [0.3, 0.4) is 0 Å². The molecule has 0 atom stereocenters. The van der Waals surface area contributed by atoms with Crippen LogP contribution in [0.5, 0.6) is 0 Å². The van der Waals surface area contributed by atoms with Crippen LogP contribution in [-0.2, 0) is 9.47 Å². The Morgan fingerprint density at radius 1 is 1.13 bits per heavy atom. The average molecular weight is 217 g/mol. The van der Waals surface area contributed by atoms with E-state index in [1.807, 2.05) is 27.7 Å². The third-order valence-electron chi connectivity index (χ3n) is 2.23. The van der Waals surface area contributed by atoms with Crippen LogP contribution in [-0.4, -0.2) is 36.1 Å². The minimum atomic E-state index is -0.503. The molecular weight excluding hydrogens is 190 g/mol. The van der Waals surface area contributed by atoms with Crippen molar-refractivity contribution in [3.8, 4) is 0 Å². The zero-order valence-corrected chi connectivity index (χ0v) is 11.3. The molecule has 0 bridgehead atoms. The highest BCUT2D eigenvalue weighted by molar-refractivity contribution is 4.60. The van der Waals surface area contributed by atoms with E-state index in [0.717, 1.165) is 6.54 Å². The van der Waals surface area contributed by atoms with Crippen molar-refractivity contribution in [1.29, 1.82) is 0 Å². The van der Waals surface area contributed by atoms with Crippen molar-refractivity contribution in [1.82, 2.24) is 4.90 Å². The van der Waals surface area contributed by atoms with E-state index in [1.165, 1.54) is 0 Å². The molecule has 15 heavy (non-hydrogen) atoms. The van der Waals surface area contributed by atoms with Gasteiger partial charge in [-0.25, -0.2) is 0 Å². The van der Waals surface area contributed by atoms with Gasteiger partial charge in [-0.2, -0.15) is 0 Å². The normalized spacial score (nSPS) is 13.2. The molecule has 0 aromatic carbocycles. The Morgan fingerprint density at radius 3 is 2.00 bits per heavy atom. The Hall–Kier alpha value is -0.120. The summed E-state index contributed by atoms with van der Waals surface area (Å²) < 4.78 is 11.4. The van der Waals surface area contributed by atoms with Crippen LogP contribution in [0.4, 0.5) is 0 Å². The van der Waals surface area contributed by atoms with Crippen LogP contribution >= 0.6 is 0 Å². The summed E-state index contributed by atoms with van der Waals surface area (Å²) in [4.78, 5) is 2.26. The maximum Gasteiger partial charge on any atom is 0.164 e. The predicted molar refractivity (Wildman–Crippen MR) is 63.8 cm³/mol. The lowest BCUT2D eigenvalue weighted by Crippen LogP contribution is -2.39. The van der Waals surface area contributed by atoms with E-state index >= 15 is 0 Å². The molecule has 3 heteroatoms. The van der Waals surface area contributed by atoms with Gasteiger partial charge in [0.1, 0.15) is 6.73 Å². The Morgan fingerprint density at radius 2 is 1.67 bits per heavy atom. The second kappa shape index (κ2) is 6.46. The van der Waals surface area contributed by atoms with Crippen molar-refractivity contribution in [3.05, 3.63) is 0 Å². The highest BCUT2D eigenvalue weighted by Gasteiger charge is 2.22. The molecule has 0 aliphatic rings. The van der Waals surface area contributed by atoms with Gasteiger partial charge in [0.25, 0.3) is 0 Å². The lowest BCUT2D eigenvalue weighted by molar-refractivity contribution is -0.248.